The minimum atomic E-state index is -5.49. The predicted molar refractivity (Wildman–Crippen MR) is 148 cm³/mol. The smallest absolute Gasteiger partial charge is 0.413 e. The van der Waals surface area contributed by atoms with Crippen molar-refractivity contribution in [1.29, 1.82) is 5.41 Å². The Hall–Kier alpha value is -2.86. The zero-order chi connectivity index (χ0) is 32.5. The number of ether oxygens (including phenoxy) is 4. The lowest BCUT2D eigenvalue weighted by atomic mass is 9.97. The summed E-state index contributed by atoms with van der Waals surface area (Å²) in [6.07, 6.45) is -12.7. The number of hydrogen-bond donors (Lipinski definition) is 1. The van der Waals surface area contributed by atoms with Crippen molar-refractivity contribution in [3.63, 3.8) is 0 Å². The molecule has 240 valence electrons. The van der Waals surface area contributed by atoms with Crippen molar-refractivity contribution in [2.75, 3.05) is 13.2 Å². The van der Waals surface area contributed by atoms with Crippen LogP contribution >= 0.6 is 34.8 Å². The van der Waals surface area contributed by atoms with Crippen LogP contribution in [0.3, 0.4) is 0 Å². The molecule has 20 heteroatoms. The average molecular weight is 706 g/mol. The molecule has 1 N–H and O–H groups in total. The van der Waals surface area contributed by atoms with E-state index in [-0.39, 0.29) is 12.2 Å². The second-order valence-corrected chi connectivity index (χ2v) is 12.3. The monoisotopic (exact) mass is 704 g/mol. The molecule has 13 nitrogen and oxygen atoms in total. The van der Waals surface area contributed by atoms with E-state index in [1.54, 1.807) is 36.4 Å². The Morgan fingerprint density at radius 3 is 2.20 bits per heavy atom. The fourth-order valence-electron chi connectivity index (χ4n) is 3.67. The van der Waals surface area contributed by atoms with Crippen molar-refractivity contribution in [3.8, 4) is 0 Å². The van der Waals surface area contributed by atoms with E-state index in [1.807, 2.05) is 0 Å². The predicted octanol–water partition coefficient (Wildman–Crippen LogP) is 5.41. The Labute approximate surface area is 263 Å². The third kappa shape index (κ3) is 10.9. The van der Waals surface area contributed by atoms with Crippen molar-refractivity contribution in [2.24, 2.45) is 5.11 Å². The van der Waals surface area contributed by atoms with Gasteiger partial charge in [-0.25, -0.2) is 13.2 Å². The Balaban J connectivity index is 2.03. The lowest BCUT2D eigenvalue weighted by molar-refractivity contribution is -0.242. The van der Waals surface area contributed by atoms with Gasteiger partial charge in [0.25, 0.3) is 3.79 Å². The maximum atomic E-state index is 13.1. The van der Waals surface area contributed by atoms with Crippen molar-refractivity contribution < 1.29 is 53.7 Å². The number of carbonyl (C=O) groups is 1. The van der Waals surface area contributed by atoms with E-state index < -0.39 is 76.1 Å². The lowest BCUT2D eigenvalue weighted by Gasteiger charge is -2.43. The summed E-state index contributed by atoms with van der Waals surface area (Å²) in [7, 11) is -5.49. The number of alkyl halides is 6. The Morgan fingerprint density at radius 1 is 1.02 bits per heavy atom. The van der Waals surface area contributed by atoms with Gasteiger partial charge in [0, 0.05) is 4.91 Å². The maximum Gasteiger partial charge on any atom is 0.413 e. The molecular weight excluding hydrogens is 684 g/mol. The summed E-state index contributed by atoms with van der Waals surface area (Å²) in [5.41, 5.74) is 9.87. The van der Waals surface area contributed by atoms with Crippen LogP contribution in [0, 0.1) is 5.41 Å². The maximum absolute atomic E-state index is 13.1. The number of nitrogens with one attached hydrogen (secondary N) is 1. The molecule has 0 amide bonds. The van der Waals surface area contributed by atoms with Crippen LogP contribution in [0.4, 0.5) is 13.2 Å². The molecule has 5 atom stereocenters. The molecule has 0 saturated carbocycles. The van der Waals surface area contributed by atoms with Gasteiger partial charge in [0.05, 0.1) is 18.8 Å². The molecular formula is C24H22Cl3F3N4O9S. The second-order valence-electron chi connectivity index (χ2n) is 8.77. The molecule has 1 unspecified atom stereocenters. The van der Waals surface area contributed by atoms with Crippen LogP contribution in [0.1, 0.15) is 15.9 Å². The Kier molecular flexibility index (Phi) is 12.5. The van der Waals surface area contributed by atoms with Gasteiger partial charge in [-0.05, 0) is 23.2 Å². The van der Waals surface area contributed by atoms with E-state index in [4.69, 9.17) is 63.3 Å². The first-order valence-corrected chi connectivity index (χ1v) is 14.6. The molecule has 1 fully saturated rings. The largest absolute Gasteiger partial charge is 0.455 e. The number of azide groups is 1. The number of nitrogens with zero attached hydrogens (tertiary/aromatic N) is 3. The molecule has 0 bridgehead atoms. The first-order valence-electron chi connectivity index (χ1n) is 12.1. The van der Waals surface area contributed by atoms with E-state index in [0.29, 0.717) is 5.56 Å². The van der Waals surface area contributed by atoms with Gasteiger partial charge in [-0.15, -0.1) is 0 Å². The minimum absolute atomic E-state index is 0.0583. The summed E-state index contributed by atoms with van der Waals surface area (Å²) in [6.45, 7) is -2.90. The summed E-state index contributed by atoms with van der Waals surface area (Å²) in [5, 5.41) is 11.4. The van der Waals surface area contributed by atoms with Gasteiger partial charge in [-0.3, -0.25) is 5.41 Å². The topological polar surface area (TPSA) is 179 Å². The van der Waals surface area contributed by atoms with Gasteiger partial charge in [-0.1, -0.05) is 88.4 Å². The van der Waals surface area contributed by atoms with Crippen LogP contribution in [0.5, 0.6) is 0 Å². The number of halogens is 6. The summed E-state index contributed by atoms with van der Waals surface area (Å²) in [5.74, 6) is -2.14. The first-order chi connectivity index (χ1) is 20.6. The zero-order valence-corrected chi connectivity index (χ0v) is 25.1. The van der Waals surface area contributed by atoms with Crippen molar-refractivity contribution >= 4 is 57.1 Å². The average Bonchev–Trinajstić information content (AvgIpc) is 2.95. The third-order valence-corrected chi connectivity index (χ3v) is 6.91. The van der Waals surface area contributed by atoms with Crippen LogP contribution in [0.15, 0.2) is 65.8 Å². The molecule has 1 aliphatic heterocycles. The minimum Gasteiger partial charge on any atom is -0.455 e. The van der Waals surface area contributed by atoms with Crippen molar-refractivity contribution in [1.82, 2.24) is 0 Å². The normalized spacial score (nSPS) is 22.5. The fourth-order valence-corrected chi connectivity index (χ4v) is 4.65. The summed E-state index contributed by atoms with van der Waals surface area (Å²) in [4.78, 5) is 15.7. The SMILES string of the molecule is [N-]=[N+]=N[C@H]1C(OC(=N)C(Cl)(Cl)Cl)O[C@H](COCc2ccccc2)[C@H](OS(=O)(=O)OCC(F)(F)F)[C@@H]1OC(=O)c1ccccc1. The van der Waals surface area contributed by atoms with Crippen molar-refractivity contribution in [3.05, 3.63) is 82.2 Å². The molecule has 0 aromatic heterocycles. The molecule has 0 radical (unpaired) electrons. The third-order valence-electron chi connectivity index (χ3n) is 5.53. The Bertz CT molecular complexity index is 1430. The van der Waals surface area contributed by atoms with E-state index in [1.165, 1.54) is 24.3 Å². The summed E-state index contributed by atoms with van der Waals surface area (Å²) in [6, 6.07) is 13.9. The Morgan fingerprint density at radius 2 is 1.64 bits per heavy atom. The molecule has 44 heavy (non-hydrogen) atoms. The second kappa shape index (κ2) is 15.4. The standard InChI is InChI=1S/C24H22Cl3F3N4O9S/c25-24(26,27)22(31)42-21-17(33-34-32)19(41-20(35)15-9-5-2-6-10-15)18(43-44(36,37)39-13-23(28,29)30)16(40-21)12-38-11-14-7-3-1-4-8-14/h1-10,16-19,21,31H,11-13H2/t16-,17-,18+,19-,21?/m1/s1. The number of esters is 1. The molecule has 1 saturated heterocycles. The van der Waals surface area contributed by atoms with E-state index in [0.717, 1.165) is 0 Å². The van der Waals surface area contributed by atoms with E-state index >= 15 is 0 Å². The molecule has 0 spiro atoms. The highest BCUT2D eigenvalue weighted by Gasteiger charge is 2.53. The van der Waals surface area contributed by atoms with Gasteiger partial charge in [0.15, 0.2) is 6.61 Å². The van der Waals surface area contributed by atoms with Crippen molar-refractivity contribution in [2.45, 2.75) is 47.2 Å². The molecule has 3 rings (SSSR count). The van der Waals surface area contributed by atoms with Gasteiger partial charge in [-0.2, -0.15) is 21.6 Å². The van der Waals surface area contributed by atoms with Gasteiger partial charge in [0.1, 0.15) is 24.4 Å². The summed E-state index contributed by atoms with van der Waals surface area (Å²) < 4.78 is 91.8. The quantitative estimate of drug-likeness (QED) is 0.0575. The van der Waals surface area contributed by atoms with Crippen LogP contribution in [-0.2, 0) is 44.3 Å². The van der Waals surface area contributed by atoms with E-state index in [9.17, 15) is 31.9 Å². The molecule has 1 aliphatic rings. The van der Waals surface area contributed by atoms with Gasteiger partial charge < -0.3 is 18.9 Å². The van der Waals surface area contributed by atoms with Crippen LogP contribution in [-0.4, -0.2) is 74.1 Å². The number of benzene rings is 2. The molecule has 2 aromatic rings. The number of hydrogen-bond acceptors (Lipinski definition) is 11. The lowest BCUT2D eigenvalue weighted by Crippen LogP contribution is -2.61. The molecule has 0 aliphatic carbocycles. The van der Waals surface area contributed by atoms with Crippen LogP contribution in [0.25, 0.3) is 10.4 Å². The van der Waals surface area contributed by atoms with E-state index in [2.05, 4.69) is 14.2 Å². The number of carbonyl (C=O) groups excluding carboxylic acids is 1. The van der Waals surface area contributed by atoms with Gasteiger partial charge >= 0.3 is 22.5 Å². The molecule has 2 aromatic carbocycles. The highest BCUT2D eigenvalue weighted by atomic mass is 35.6. The fraction of sp³-hybridized carbons (Fsp3) is 0.417. The van der Waals surface area contributed by atoms with Gasteiger partial charge in [0.2, 0.25) is 12.2 Å². The first kappa shape index (κ1) is 35.6. The summed E-state index contributed by atoms with van der Waals surface area (Å²) >= 11 is 17.1. The highest BCUT2D eigenvalue weighted by molar-refractivity contribution is 7.81. The highest BCUT2D eigenvalue weighted by Crippen LogP contribution is 2.35. The molecule has 1 heterocycles. The number of rotatable bonds is 12. The van der Waals surface area contributed by atoms with Crippen LogP contribution in [0.2, 0.25) is 0 Å². The zero-order valence-electron chi connectivity index (χ0n) is 22.0. The van der Waals surface area contributed by atoms with Crippen LogP contribution < -0.4 is 0 Å².